The number of carbonyl (C=O) groups is 4. The van der Waals surface area contributed by atoms with Gasteiger partial charge in [-0.3, -0.25) is 29.9 Å². The van der Waals surface area contributed by atoms with Crippen molar-refractivity contribution >= 4 is 63.4 Å². The van der Waals surface area contributed by atoms with Gasteiger partial charge in [-0.25, -0.2) is 4.98 Å². The van der Waals surface area contributed by atoms with Gasteiger partial charge < -0.3 is 5.11 Å². The van der Waals surface area contributed by atoms with E-state index in [1.807, 2.05) is 18.2 Å². The molecule has 9 nitrogen and oxygen atoms in total. The zero-order valence-electron chi connectivity index (χ0n) is 25.7. The van der Waals surface area contributed by atoms with Crippen LogP contribution in [0.1, 0.15) is 35.4 Å². The van der Waals surface area contributed by atoms with Crippen LogP contribution in [0.25, 0.3) is 10.8 Å². The van der Waals surface area contributed by atoms with Crippen molar-refractivity contribution in [2.24, 2.45) is 23.7 Å². The highest BCUT2D eigenvalue weighted by Gasteiger charge is 2.70. The summed E-state index contributed by atoms with van der Waals surface area (Å²) in [5.74, 6) is -7.40. The summed E-state index contributed by atoms with van der Waals surface area (Å²) in [6.45, 7) is 0. The van der Waals surface area contributed by atoms with Crippen LogP contribution in [0.15, 0.2) is 84.6 Å². The largest absolute Gasteiger partial charge is 0.508 e. The third-order valence-corrected chi connectivity index (χ3v) is 11.2. The van der Waals surface area contributed by atoms with Crippen molar-refractivity contribution in [1.29, 1.82) is 0 Å². The van der Waals surface area contributed by atoms with Crippen molar-refractivity contribution in [3.63, 3.8) is 0 Å². The number of benzene rings is 3. The number of halogens is 5. The second-order valence-electron chi connectivity index (χ2n) is 13.0. The maximum Gasteiger partial charge on any atom is 0.417 e. The van der Waals surface area contributed by atoms with Crippen LogP contribution in [0.4, 0.5) is 19.0 Å². The Bertz CT molecular complexity index is 2190. The smallest absolute Gasteiger partial charge is 0.417 e. The number of anilines is 1. The number of carbonyl (C=O) groups excluding carboxylic acids is 4. The monoisotopic (exact) mass is 720 g/mol. The number of hydrogen-bond acceptors (Lipinski definition) is 7. The Labute approximate surface area is 292 Å². The van der Waals surface area contributed by atoms with Crippen molar-refractivity contribution in [2.45, 2.75) is 30.4 Å². The number of nitrogens with one attached hydrogen (secondary N) is 2. The summed E-state index contributed by atoms with van der Waals surface area (Å²) in [6, 6.07) is 17.5. The molecule has 4 aliphatic rings. The fourth-order valence-corrected chi connectivity index (χ4v) is 8.93. The first kappa shape index (κ1) is 32.3. The molecule has 0 bridgehead atoms. The lowest BCUT2D eigenvalue weighted by atomic mass is 9.48. The van der Waals surface area contributed by atoms with Gasteiger partial charge in [-0.1, -0.05) is 77.3 Å². The second kappa shape index (κ2) is 11.3. The van der Waals surface area contributed by atoms with E-state index in [0.29, 0.717) is 44.4 Å². The highest BCUT2D eigenvalue weighted by atomic mass is 35.5. The summed E-state index contributed by atoms with van der Waals surface area (Å²) < 4.78 is 40.2. The molecule has 6 atom stereocenters. The first-order valence-electron chi connectivity index (χ1n) is 15.7. The predicted molar refractivity (Wildman–Crippen MR) is 176 cm³/mol. The summed E-state index contributed by atoms with van der Waals surface area (Å²) in [5.41, 5.74) is 1.04. The van der Waals surface area contributed by atoms with Crippen molar-refractivity contribution in [2.75, 3.05) is 5.43 Å². The number of imide groups is 2. The Hall–Kier alpha value is -4.94. The number of hydrazine groups is 1. The van der Waals surface area contributed by atoms with Crippen LogP contribution >= 0.6 is 23.2 Å². The van der Waals surface area contributed by atoms with E-state index in [4.69, 9.17) is 23.2 Å². The molecule has 4 aromatic rings. The van der Waals surface area contributed by atoms with Gasteiger partial charge in [0.15, 0.2) is 5.82 Å². The zero-order valence-corrected chi connectivity index (χ0v) is 27.2. The van der Waals surface area contributed by atoms with Crippen LogP contribution in [0.2, 0.25) is 10.0 Å². The molecule has 2 aliphatic carbocycles. The number of phenols is 1. The molecule has 6 unspecified atom stereocenters. The van der Waals surface area contributed by atoms with E-state index < -0.39 is 75.4 Å². The van der Waals surface area contributed by atoms with Gasteiger partial charge in [0.25, 0.3) is 11.8 Å². The number of nitrogens with zero attached hydrogens (tertiary/aromatic N) is 2. The second-order valence-corrected chi connectivity index (χ2v) is 13.8. The number of aromatic hydroxyl groups is 1. The molecule has 2 aliphatic heterocycles. The van der Waals surface area contributed by atoms with Crippen molar-refractivity contribution in [1.82, 2.24) is 15.3 Å². The van der Waals surface area contributed by atoms with E-state index >= 15 is 4.79 Å². The molecule has 14 heteroatoms. The number of fused-ring (bicyclic) bond motifs is 5. The highest BCUT2D eigenvalue weighted by Crippen LogP contribution is 2.65. The van der Waals surface area contributed by atoms with Crippen molar-refractivity contribution in [3.05, 3.63) is 111 Å². The van der Waals surface area contributed by atoms with E-state index in [2.05, 4.69) is 15.7 Å². The first-order valence-corrected chi connectivity index (χ1v) is 16.5. The fraction of sp³-hybridized carbons (Fsp3) is 0.250. The van der Waals surface area contributed by atoms with Crippen LogP contribution in [0.3, 0.4) is 0 Å². The molecule has 50 heavy (non-hydrogen) atoms. The summed E-state index contributed by atoms with van der Waals surface area (Å²) in [7, 11) is 0. The molecule has 4 amide bonds. The SMILES string of the molecule is O=C1NC(=O)C2C1CC=C1C2CC2C(=O)N(Nc3ncc(C(F)(F)F)cc3Cl)C(=O)C2(c2ccc(Cl)cc2)C1c1c(O)ccc2ccccc12. The summed E-state index contributed by atoms with van der Waals surface area (Å²) in [6.07, 6.45) is -2.22. The van der Waals surface area contributed by atoms with Crippen molar-refractivity contribution < 1.29 is 37.5 Å². The molecule has 254 valence electrons. The average Bonchev–Trinajstić information content (AvgIpc) is 3.49. The fourth-order valence-electron chi connectivity index (χ4n) is 8.60. The molecule has 1 aromatic heterocycles. The third-order valence-electron chi connectivity index (χ3n) is 10.6. The normalized spacial score (nSPS) is 27.5. The molecule has 3 N–H and O–H groups in total. The van der Waals surface area contributed by atoms with Gasteiger partial charge in [0.2, 0.25) is 11.8 Å². The number of alkyl halides is 3. The number of phenolic OH excluding ortho intramolecular Hbond substituents is 1. The highest BCUT2D eigenvalue weighted by molar-refractivity contribution is 6.33. The third kappa shape index (κ3) is 4.57. The van der Waals surface area contributed by atoms with Crippen LogP contribution in [0.5, 0.6) is 5.75 Å². The quantitative estimate of drug-likeness (QED) is 0.161. The zero-order chi connectivity index (χ0) is 35.3. The van der Waals surface area contributed by atoms with Crippen LogP contribution < -0.4 is 10.7 Å². The van der Waals surface area contributed by atoms with E-state index in [1.54, 1.807) is 42.5 Å². The molecule has 3 heterocycles. The number of allylic oxidation sites excluding steroid dienone is 2. The number of pyridine rings is 1. The maximum absolute atomic E-state index is 15.3. The molecular formula is C36H25Cl2F3N4O5. The molecule has 3 fully saturated rings. The predicted octanol–water partition coefficient (Wildman–Crippen LogP) is 6.54. The Kier molecular flexibility index (Phi) is 7.29. The lowest BCUT2D eigenvalue weighted by Gasteiger charge is -2.51. The van der Waals surface area contributed by atoms with Crippen molar-refractivity contribution in [3.8, 4) is 5.75 Å². The van der Waals surface area contributed by atoms with Gasteiger partial charge in [0, 0.05) is 22.7 Å². The standard InChI is InChI=1S/C36H25Cl2F3N4O5/c37-19-8-6-17(7-9-19)35-24(33(49)45(34(35)50)44-30-25(38)13-18(15-42-30)36(39,40)41)14-23-21(10-11-22-27(23)32(48)43-31(22)47)29(35)28-20-4-2-1-3-16(20)5-12-26(28)46/h1-10,12-13,15,22-24,27,29,46H,11,14H2,(H,42,44)(H,43,47,48). The molecule has 1 saturated carbocycles. The topological polar surface area (TPSA) is 129 Å². The Morgan fingerprint density at radius 1 is 0.960 bits per heavy atom. The maximum atomic E-state index is 15.3. The molecule has 0 spiro atoms. The number of amides is 4. The first-order chi connectivity index (χ1) is 23.8. The lowest BCUT2D eigenvalue weighted by molar-refractivity contribution is -0.139. The van der Waals surface area contributed by atoms with Gasteiger partial charge in [0.05, 0.1) is 33.8 Å². The Morgan fingerprint density at radius 2 is 1.70 bits per heavy atom. The lowest BCUT2D eigenvalue weighted by Crippen LogP contribution is -2.53. The van der Waals surface area contributed by atoms with E-state index in [1.165, 1.54) is 6.07 Å². The van der Waals surface area contributed by atoms with Gasteiger partial charge in [-0.05, 0) is 59.4 Å². The Balaban J connectivity index is 1.39. The number of rotatable bonds is 4. The van der Waals surface area contributed by atoms with Gasteiger partial charge >= 0.3 is 6.18 Å². The molecule has 3 aromatic carbocycles. The minimum atomic E-state index is -4.74. The average molecular weight is 722 g/mol. The molecular weight excluding hydrogens is 696 g/mol. The van der Waals surface area contributed by atoms with Crippen LogP contribution in [-0.2, 0) is 30.8 Å². The van der Waals surface area contributed by atoms with E-state index in [0.717, 1.165) is 5.39 Å². The number of hydrogen-bond donors (Lipinski definition) is 3. The van der Waals surface area contributed by atoms with Crippen LogP contribution in [-0.4, -0.2) is 38.7 Å². The summed E-state index contributed by atoms with van der Waals surface area (Å²) in [5, 5.41) is 16.1. The minimum Gasteiger partial charge on any atom is -0.508 e. The van der Waals surface area contributed by atoms with Gasteiger partial charge in [-0.15, -0.1) is 0 Å². The Morgan fingerprint density at radius 3 is 2.42 bits per heavy atom. The number of aromatic nitrogens is 1. The molecule has 8 rings (SSSR count). The molecule has 2 saturated heterocycles. The van der Waals surface area contributed by atoms with E-state index in [9.17, 15) is 32.7 Å². The molecule has 0 radical (unpaired) electrons. The minimum absolute atomic E-state index is 0.0325. The van der Waals surface area contributed by atoms with Gasteiger partial charge in [0.1, 0.15) is 5.75 Å². The van der Waals surface area contributed by atoms with Gasteiger partial charge in [-0.2, -0.15) is 18.2 Å². The summed E-state index contributed by atoms with van der Waals surface area (Å²) >= 11 is 12.5. The van der Waals surface area contributed by atoms with E-state index in [-0.39, 0.29) is 24.4 Å². The summed E-state index contributed by atoms with van der Waals surface area (Å²) in [4.78, 5) is 60.0. The van der Waals surface area contributed by atoms with Crippen LogP contribution in [0, 0.1) is 23.7 Å².